The van der Waals surface area contributed by atoms with Gasteiger partial charge in [0.15, 0.2) is 0 Å². The van der Waals surface area contributed by atoms with Gasteiger partial charge in [0.2, 0.25) is 5.91 Å². The highest BCUT2D eigenvalue weighted by atomic mass is 32.2. The number of thioether (sulfide) groups is 1. The molecule has 1 fully saturated rings. The van der Waals surface area contributed by atoms with E-state index in [-0.39, 0.29) is 11.7 Å². The Balaban J connectivity index is 2.33. The highest BCUT2D eigenvalue weighted by Gasteiger charge is 2.19. The summed E-state index contributed by atoms with van der Waals surface area (Å²) in [4.78, 5) is 23.9. The van der Waals surface area contributed by atoms with Crippen LogP contribution in [0.25, 0.3) is 0 Å². The van der Waals surface area contributed by atoms with Gasteiger partial charge < -0.3 is 4.90 Å². The maximum atomic E-state index is 11.3. The quantitative estimate of drug-likeness (QED) is 0.633. The van der Waals surface area contributed by atoms with E-state index in [1.807, 2.05) is 6.26 Å². The lowest BCUT2D eigenvalue weighted by Crippen LogP contribution is -2.39. The second-order valence-corrected chi connectivity index (χ2v) is 3.72. The molecule has 1 rings (SSSR count). The summed E-state index contributed by atoms with van der Waals surface area (Å²) in [6.45, 7) is 1.25. The Morgan fingerprint density at radius 2 is 2.08 bits per heavy atom. The zero-order valence-electron chi connectivity index (χ0n) is 7.21. The molecule has 0 N–H and O–H groups in total. The van der Waals surface area contributed by atoms with Crippen molar-refractivity contribution in [2.45, 2.75) is 12.8 Å². The van der Waals surface area contributed by atoms with Crippen molar-refractivity contribution >= 4 is 23.5 Å². The van der Waals surface area contributed by atoms with Crippen LogP contribution < -0.4 is 0 Å². The van der Waals surface area contributed by atoms with Crippen LogP contribution >= 0.6 is 11.8 Å². The molecule has 0 saturated carbocycles. The lowest BCUT2D eigenvalue weighted by Gasteiger charge is -2.25. The average Bonchev–Trinajstić information content (AvgIpc) is 2.06. The van der Waals surface area contributed by atoms with Crippen molar-refractivity contribution in [2.75, 3.05) is 25.1 Å². The van der Waals surface area contributed by atoms with Gasteiger partial charge in [-0.25, -0.2) is 0 Å². The van der Waals surface area contributed by atoms with Crippen molar-refractivity contribution in [2.24, 2.45) is 0 Å². The summed E-state index contributed by atoms with van der Waals surface area (Å²) < 4.78 is 0. The first-order valence-electron chi connectivity index (χ1n) is 4.02. The largest absolute Gasteiger partial charge is 0.341 e. The third-order valence-electron chi connectivity index (χ3n) is 1.94. The van der Waals surface area contributed by atoms with Crippen LogP contribution in [0.2, 0.25) is 0 Å². The van der Waals surface area contributed by atoms with Crippen molar-refractivity contribution in [3.8, 4) is 0 Å². The van der Waals surface area contributed by atoms with E-state index >= 15 is 0 Å². The van der Waals surface area contributed by atoms with Gasteiger partial charge in [0, 0.05) is 25.9 Å². The molecule has 0 spiro atoms. The van der Waals surface area contributed by atoms with Crippen molar-refractivity contribution in [1.29, 1.82) is 0 Å². The topological polar surface area (TPSA) is 37.4 Å². The molecular weight excluding hydrogens is 174 g/mol. The number of rotatable bonds is 2. The van der Waals surface area contributed by atoms with E-state index in [9.17, 15) is 9.59 Å². The van der Waals surface area contributed by atoms with E-state index in [0.29, 0.717) is 31.7 Å². The number of hydrogen-bond acceptors (Lipinski definition) is 3. The summed E-state index contributed by atoms with van der Waals surface area (Å²) in [5.74, 6) is 0.979. The zero-order chi connectivity index (χ0) is 8.97. The fourth-order valence-corrected chi connectivity index (χ4v) is 1.65. The van der Waals surface area contributed by atoms with Gasteiger partial charge in [-0.3, -0.25) is 9.59 Å². The third-order valence-corrected chi connectivity index (χ3v) is 2.48. The van der Waals surface area contributed by atoms with Crippen LogP contribution in [-0.2, 0) is 9.59 Å². The minimum atomic E-state index is 0.162. The maximum absolute atomic E-state index is 11.3. The van der Waals surface area contributed by atoms with Crippen LogP contribution in [0.15, 0.2) is 0 Å². The standard InChI is InChI=1S/C8H13NO2S/c1-12-6-8(11)9-4-2-7(10)3-5-9/h2-6H2,1H3. The smallest absolute Gasteiger partial charge is 0.232 e. The Kier molecular flexibility index (Phi) is 3.59. The summed E-state index contributed by atoms with van der Waals surface area (Å²) in [6, 6.07) is 0. The third kappa shape index (κ3) is 2.52. The molecule has 12 heavy (non-hydrogen) atoms. The van der Waals surface area contributed by atoms with Gasteiger partial charge >= 0.3 is 0 Å². The minimum absolute atomic E-state index is 0.162. The van der Waals surface area contributed by atoms with Crippen LogP contribution in [0, 0.1) is 0 Å². The number of carbonyl (C=O) groups is 2. The fourth-order valence-electron chi connectivity index (χ4n) is 1.22. The van der Waals surface area contributed by atoms with Crippen LogP contribution in [0.5, 0.6) is 0 Å². The molecule has 0 aromatic rings. The molecule has 1 saturated heterocycles. The van der Waals surface area contributed by atoms with E-state index in [0.717, 1.165) is 0 Å². The summed E-state index contributed by atoms with van der Waals surface area (Å²) in [7, 11) is 0. The van der Waals surface area contributed by atoms with Gasteiger partial charge in [-0.1, -0.05) is 0 Å². The first-order valence-corrected chi connectivity index (χ1v) is 5.42. The fraction of sp³-hybridized carbons (Fsp3) is 0.750. The number of carbonyl (C=O) groups excluding carboxylic acids is 2. The predicted molar refractivity (Wildman–Crippen MR) is 49.2 cm³/mol. The minimum Gasteiger partial charge on any atom is -0.341 e. The lowest BCUT2D eigenvalue weighted by atomic mass is 10.1. The van der Waals surface area contributed by atoms with E-state index in [4.69, 9.17) is 0 Å². The van der Waals surface area contributed by atoms with Crippen LogP contribution in [0.3, 0.4) is 0 Å². The summed E-state index contributed by atoms with van der Waals surface area (Å²) in [6.07, 6.45) is 2.99. The SMILES string of the molecule is CSCC(=O)N1CCC(=O)CC1. The van der Waals surface area contributed by atoms with Gasteiger partial charge in [-0.05, 0) is 6.26 Å². The Morgan fingerprint density at radius 1 is 1.50 bits per heavy atom. The second-order valence-electron chi connectivity index (χ2n) is 2.85. The highest BCUT2D eigenvalue weighted by molar-refractivity contribution is 7.99. The number of likely N-dealkylation sites (tertiary alicyclic amines) is 1. The molecule has 0 aliphatic carbocycles. The molecule has 1 aliphatic rings. The molecule has 0 aromatic heterocycles. The Morgan fingerprint density at radius 3 is 2.58 bits per heavy atom. The van der Waals surface area contributed by atoms with Gasteiger partial charge in [0.05, 0.1) is 5.75 Å². The zero-order valence-corrected chi connectivity index (χ0v) is 8.02. The van der Waals surface area contributed by atoms with Crippen LogP contribution in [0.4, 0.5) is 0 Å². The van der Waals surface area contributed by atoms with Crippen molar-refractivity contribution in [3.05, 3.63) is 0 Å². The number of hydrogen-bond donors (Lipinski definition) is 0. The lowest BCUT2D eigenvalue weighted by molar-refractivity contribution is -0.132. The molecule has 0 aromatic carbocycles. The van der Waals surface area contributed by atoms with Gasteiger partial charge in [0.25, 0.3) is 0 Å². The molecule has 1 amide bonds. The Hall–Kier alpha value is -0.510. The van der Waals surface area contributed by atoms with Crippen molar-refractivity contribution < 1.29 is 9.59 Å². The molecule has 68 valence electrons. The summed E-state index contributed by atoms with van der Waals surface area (Å²) in [5.41, 5.74) is 0. The van der Waals surface area contributed by atoms with Crippen molar-refractivity contribution in [3.63, 3.8) is 0 Å². The predicted octanol–water partition coefficient (Wildman–Crippen LogP) is 0.541. The monoisotopic (exact) mass is 187 g/mol. The van der Waals surface area contributed by atoms with E-state index in [1.54, 1.807) is 4.90 Å². The van der Waals surface area contributed by atoms with E-state index < -0.39 is 0 Å². The van der Waals surface area contributed by atoms with Gasteiger partial charge in [-0.15, -0.1) is 0 Å². The average molecular weight is 187 g/mol. The molecular formula is C8H13NO2S. The van der Waals surface area contributed by atoms with E-state index in [2.05, 4.69) is 0 Å². The molecule has 0 atom stereocenters. The maximum Gasteiger partial charge on any atom is 0.232 e. The number of amides is 1. The molecule has 0 radical (unpaired) electrons. The Labute approximate surface area is 76.5 Å². The number of piperidine rings is 1. The van der Waals surface area contributed by atoms with Gasteiger partial charge in [0.1, 0.15) is 5.78 Å². The molecule has 0 bridgehead atoms. The van der Waals surface area contributed by atoms with Crippen molar-refractivity contribution in [1.82, 2.24) is 4.90 Å². The summed E-state index contributed by atoms with van der Waals surface area (Å²) >= 11 is 1.53. The van der Waals surface area contributed by atoms with Gasteiger partial charge in [-0.2, -0.15) is 11.8 Å². The summed E-state index contributed by atoms with van der Waals surface area (Å²) in [5, 5.41) is 0. The molecule has 4 heteroatoms. The molecule has 3 nitrogen and oxygen atoms in total. The first-order chi connectivity index (χ1) is 5.74. The molecule has 1 heterocycles. The Bertz CT molecular complexity index is 183. The van der Waals surface area contributed by atoms with E-state index in [1.165, 1.54) is 11.8 Å². The molecule has 0 unspecified atom stereocenters. The van der Waals surface area contributed by atoms with Crippen LogP contribution in [0.1, 0.15) is 12.8 Å². The van der Waals surface area contributed by atoms with Crippen LogP contribution in [-0.4, -0.2) is 41.7 Å². The number of ketones is 1. The normalized spacial score (nSPS) is 18.1. The highest BCUT2D eigenvalue weighted by Crippen LogP contribution is 2.07. The number of nitrogens with zero attached hydrogens (tertiary/aromatic N) is 1. The number of Topliss-reactive ketones (excluding diaryl/α,β-unsaturated/α-hetero) is 1. The second kappa shape index (κ2) is 4.50. The first kappa shape index (κ1) is 9.58. The molecule has 1 aliphatic heterocycles.